The number of ether oxygens (including phenoxy) is 1. The lowest BCUT2D eigenvalue weighted by atomic mass is 9.83. The van der Waals surface area contributed by atoms with E-state index >= 15 is 0 Å². The molecule has 6 nitrogen and oxygen atoms in total. The number of aliphatic hydroxyl groups excluding tert-OH is 1. The molecule has 1 fully saturated rings. The molecule has 2 N–H and O–H groups in total. The molecule has 0 aliphatic heterocycles. The van der Waals surface area contributed by atoms with E-state index < -0.39 is 12.5 Å². The van der Waals surface area contributed by atoms with Crippen LogP contribution in [0.25, 0.3) is 10.9 Å². The molecule has 8 heteroatoms. The number of nitrogens with zero attached hydrogens (tertiary/aromatic N) is 3. The van der Waals surface area contributed by atoms with Gasteiger partial charge in [-0.1, -0.05) is 0 Å². The number of alkyl halides is 2. The highest BCUT2D eigenvalue weighted by Gasteiger charge is 2.24. The van der Waals surface area contributed by atoms with Gasteiger partial charge in [-0.25, -0.2) is 23.7 Å². The van der Waals surface area contributed by atoms with E-state index in [0.717, 1.165) is 36.8 Å². The van der Waals surface area contributed by atoms with Crippen LogP contribution in [-0.2, 0) is 0 Å². The van der Waals surface area contributed by atoms with E-state index in [4.69, 9.17) is 4.74 Å². The van der Waals surface area contributed by atoms with Crippen molar-refractivity contribution in [2.75, 3.05) is 12.4 Å². The molecule has 0 amide bonds. The van der Waals surface area contributed by atoms with E-state index in [-0.39, 0.29) is 18.4 Å². The van der Waals surface area contributed by atoms with Crippen LogP contribution < -0.4 is 10.1 Å². The third kappa shape index (κ3) is 4.17. The first kappa shape index (κ1) is 18.7. The Balaban J connectivity index is 1.95. The van der Waals surface area contributed by atoms with E-state index in [9.17, 15) is 13.9 Å². The Labute approximate surface area is 151 Å². The minimum absolute atomic E-state index is 0.245. The smallest absolute Gasteiger partial charge is 0.240 e. The van der Waals surface area contributed by atoms with Crippen molar-refractivity contribution in [1.29, 1.82) is 0 Å². The Hall–Kier alpha value is -2.09. The molecule has 0 bridgehead atoms. The largest absolute Gasteiger partial charge is 0.480 e. The number of rotatable bonds is 6. The molecular weight excluding hydrogens is 342 g/mol. The number of fused-ring (bicyclic) bond motifs is 1. The van der Waals surface area contributed by atoms with Gasteiger partial charge in [0.25, 0.3) is 0 Å². The van der Waals surface area contributed by atoms with Gasteiger partial charge in [-0.15, -0.1) is 0 Å². The molecule has 26 heavy (non-hydrogen) atoms. The van der Waals surface area contributed by atoms with Crippen molar-refractivity contribution in [3.8, 4) is 5.88 Å². The monoisotopic (exact) mass is 366 g/mol. The van der Waals surface area contributed by atoms with Crippen LogP contribution in [0.3, 0.4) is 0 Å². The molecule has 0 saturated heterocycles. The molecule has 1 aliphatic carbocycles. The number of aromatic nitrogens is 3. The SMILES string of the molecule is COc1ncc([C@H]2CC[C@H](O)CC2)c2nc(N[C@@H](C)CC(F)F)ncc12. The number of anilines is 1. The van der Waals surface area contributed by atoms with Crippen LogP contribution in [0, 0.1) is 0 Å². The highest BCUT2D eigenvalue weighted by molar-refractivity contribution is 5.86. The Kier molecular flexibility index (Phi) is 5.80. The molecule has 142 valence electrons. The second kappa shape index (κ2) is 8.07. The van der Waals surface area contributed by atoms with Crippen molar-refractivity contribution in [2.24, 2.45) is 0 Å². The van der Waals surface area contributed by atoms with Gasteiger partial charge in [0.2, 0.25) is 18.3 Å². The number of pyridine rings is 1. The predicted molar refractivity (Wildman–Crippen MR) is 94.8 cm³/mol. The lowest BCUT2D eigenvalue weighted by Gasteiger charge is -2.26. The number of nitrogens with one attached hydrogen (secondary N) is 1. The molecule has 3 rings (SSSR count). The summed E-state index contributed by atoms with van der Waals surface area (Å²) in [6.45, 7) is 1.68. The molecule has 2 aromatic rings. The molecule has 2 aromatic heterocycles. The first-order valence-corrected chi connectivity index (χ1v) is 8.90. The van der Waals surface area contributed by atoms with Crippen LogP contribution in [0.4, 0.5) is 14.7 Å². The lowest BCUT2D eigenvalue weighted by Crippen LogP contribution is -2.20. The molecule has 2 heterocycles. The molecule has 0 aromatic carbocycles. The lowest BCUT2D eigenvalue weighted by molar-refractivity contribution is 0.122. The molecule has 1 saturated carbocycles. The summed E-state index contributed by atoms with van der Waals surface area (Å²) < 4.78 is 30.4. The minimum Gasteiger partial charge on any atom is -0.480 e. The Morgan fingerprint density at radius 1 is 1.23 bits per heavy atom. The van der Waals surface area contributed by atoms with Gasteiger partial charge < -0.3 is 15.2 Å². The first-order chi connectivity index (χ1) is 12.5. The topological polar surface area (TPSA) is 80.2 Å². The molecule has 1 aliphatic rings. The fourth-order valence-electron chi connectivity index (χ4n) is 3.48. The number of halogens is 2. The van der Waals surface area contributed by atoms with Gasteiger partial charge >= 0.3 is 0 Å². The van der Waals surface area contributed by atoms with Crippen LogP contribution in [0.5, 0.6) is 5.88 Å². The van der Waals surface area contributed by atoms with Gasteiger partial charge in [-0.3, -0.25) is 0 Å². The summed E-state index contributed by atoms with van der Waals surface area (Å²) in [6.07, 6.45) is 3.71. The number of methoxy groups -OCH3 is 1. The zero-order valence-corrected chi connectivity index (χ0v) is 15.0. The van der Waals surface area contributed by atoms with Crippen LogP contribution in [0.15, 0.2) is 12.4 Å². The van der Waals surface area contributed by atoms with E-state index in [1.165, 1.54) is 7.11 Å². The van der Waals surface area contributed by atoms with Crippen LogP contribution in [0.2, 0.25) is 0 Å². The maximum Gasteiger partial charge on any atom is 0.240 e. The average molecular weight is 366 g/mol. The van der Waals surface area contributed by atoms with Crippen molar-refractivity contribution < 1.29 is 18.6 Å². The Morgan fingerprint density at radius 3 is 2.62 bits per heavy atom. The quantitative estimate of drug-likeness (QED) is 0.814. The van der Waals surface area contributed by atoms with Gasteiger partial charge in [0.05, 0.1) is 24.1 Å². The summed E-state index contributed by atoms with van der Waals surface area (Å²) >= 11 is 0. The van der Waals surface area contributed by atoms with E-state index in [2.05, 4.69) is 20.3 Å². The van der Waals surface area contributed by atoms with Gasteiger partial charge in [-0.05, 0) is 38.5 Å². The minimum atomic E-state index is -2.38. The summed E-state index contributed by atoms with van der Waals surface area (Å²) in [5, 5.41) is 13.4. The van der Waals surface area contributed by atoms with Crippen molar-refractivity contribution in [1.82, 2.24) is 15.0 Å². The summed E-state index contributed by atoms with van der Waals surface area (Å²) in [4.78, 5) is 13.2. The van der Waals surface area contributed by atoms with Crippen molar-refractivity contribution in [3.63, 3.8) is 0 Å². The molecule has 1 atom stereocenters. The highest BCUT2D eigenvalue weighted by atomic mass is 19.3. The zero-order valence-electron chi connectivity index (χ0n) is 15.0. The Morgan fingerprint density at radius 2 is 1.96 bits per heavy atom. The summed E-state index contributed by atoms with van der Waals surface area (Å²) in [5.41, 5.74) is 1.71. The summed E-state index contributed by atoms with van der Waals surface area (Å²) in [6, 6.07) is -0.440. The van der Waals surface area contributed by atoms with Crippen LogP contribution in [0.1, 0.15) is 50.5 Å². The zero-order chi connectivity index (χ0) is 18.7. The van der Waals surface area contributed by atoms with Crippen molar-refractivity contribution in [2.45, 2.75) is 63.5 Å². The second-order valence-electron chi connectivity index (χ2n) is 6.86. The average Bonchev–Trinajstić information content (AvgIpc) is 2.60. The number of hydrogen-bond donors (Lipinski definition) is 2. The third-order valence-electron chi connectivity index (χ3n) is 4.85. The fraction of sp³-hybridized carbons (Fsp3) is 0.611. The highest BCUT2D eigenvalue weighted by Crippen LogP contribution is 2.37. The molecule has 0 unspecified atom stereocenters. The summed E-state index contributed by atoms with van der Waals surface area (Å²) in [5.74, 6) is 1.00. The number of hydrogen-bond acceptors (Lipinski definition) is 6. The normalized spacial score (nSPS) is 21.8. The predicted octanol–water partition coefficient (Wildman–Crippen LogP) is 3.51. The maximum absolute atomic E-state index is 12.6. The van der Waals surface area contributed by atoms with Gasteiger partial charge in [0.1, 0.15) is 0 Å². The van der Waals surface area contributed by atoms with Crippen molar-refractivity contribution in [3.05, 3.63) is 18.0 Å². The standard InChI is InChI=1S/C18H24F2N4O2/c1-10(7-15(19)20)23-18-22-9-14-16(24-18)13(8-21-17(14)26-2)11-3-5-12(25)6-4-11/h8-12,15,25H,3-7H2,1-2H3,(H,22,23,24)/t10-,11-,12-/m0/s1. The van der Waals surface area contributed by atoms with Crippen LogP contribution >= 0.6 is 0 Å². The molecule has 0 radical (unpaired) electrons. The van der Waals surface area contributed by atoms with E-state index in [0.29, 0.717) is 17.2 Å². The third-order valence-corrected chi connectivity index (χ3v) is 4.85. The molecular formula is C18H24F2N4O2. The van der Waals surface area contributed by atoms with E-state index in [1.807, 2.05) is 0 Å². The van der Waals surface area contributed by atoms with Crippen LogP contribution in [-0.4, -0.2) is 45.7 Å². The van der Waals surface area contributed by atoms with Gasteiger partial charge in [0.15, 0.2) is 0 Å². The van der Waals surface area contributed by atoms with Gasteiger partial charge in [-0.2, -0.15) is 0 Å². The van der Waals surface area contributed by atoms with E-state index in [1.54, 1.807) is 19.3 Å². The first-order valence-electron chi connectivity index (χ1n) is 8.90. The summed E-state index contributed by atoms with van der Waals surface area (Å²) in [7, 11) is 1.54. The molecule has 0 spiro atoms. The second-order valence-corrected chi connectivity index (χ2v) is 6.86. The maximum atomic E-state index is 12.6. The van der Waals surface area contributed by atoms with Crippen molar-refractivity contribution >= 4 is 16.9 Å². The fourth-order valence-corrected chi connectivity index (χ4v) is 3.48. The number of aliphatic hydroxyl groups is 1. The Bertz CT molecular complexity index is 751. The van der Waals surface area contributed by atoms with Gasteiger partial charge in [0, 0.05) is 30.4 Å².